The van der Waals surface area contributed by atoms with Crippen molar-refractivity contribution in [2.45, 2.75) is 32.6 Å². The first-order valence-electron chi connectivity index (χ1n) is 8.92. The molecule has 1 saturated heterocycles. The normalized spacial score (nSPS) is 18.9. The van der Waals surface area contributed by atoms with Crippen LogP contribution in [0.5, 0.6) is 0 Å². The number of hydrogen-bond donors (Lipinski definition) is 2. The van der Waals surface area contributed by atoms with Gasteiger partial charge in [0.05, 0.1) is 11.5 Å². The van der Waals surface area contributed by atoms with Crippen LogP contribution in [0.4, 0.5) is 0 Å². The lowest BCUT2D eigenvalue weighted by atomic mass is 10.0. The van der Waals surface area contributed by atoms with Crippen molar-refractivity contribution in [3.05, 3.63) is 45.7 Å². The number of aryl methyl sites for hydroxylation is 1. The van der Waals surface area contributed by atoms with Gasteiger partial charge in [0.2, 0.25) is 5.91 Å². The third-order valence-corrected chi connectivity index (χ3v) is 6.74. The molecule has 26 heavy (non-hydrogen) atoms. The van der Waals surface area contributed by atoms with Gasteiger partial charge in [-0.05, 0) is 55.7 Å². The summed E-state index contributed by atoms with van der Waals surface area (Å²) in [6.45, 7) is 2.39. The van der Waals surface area contributed by atoms with Gasteiger partial charge in [0.25, 0.3) is 5.56 Å². The zero-order valence-electron chi connectivity index (χ0n) is 14.9. The molecule has 1 aliphatic rings. The van der Waals surface area contributed by atoms with Crippen molar-refractivity contribution < 1.29 is 13.2 Å². The molecule has 2 heterocycles. The second-order valence-corrected chi connectivity index (χ2v) is 9.35. The summed E-state index contributed by atoms with van der Waals surface area (Å²) < 4.78 is 22.9. The van der Waals surface area contributed by atoms with E-state index in [1.165, 1.54) is 0 Å². The van der Waals surface area contributed by atoms with Crippen molar-refractivity contribution in [1.82, 2.24) is 10.3 Å². The molecule has 1 amide bonds. The quantitative estimate of drug-likeness (QED) is 0.802. The fourth-order valence-corrected chi connectivity index (χ4v) is 5.33. The van der Waals surface area contributed by atoms with Crippen LogP contribution in [0.25, 0.3) is 10.9 Å². The zero-order valence-corrected chi connectivity index (χ0v) is 15.7. The van der Waals surface area contributed by atoms with Crippen LogP contribution in [0.1, 0.15) is 30.4 Å². The number of benzene rings is 1. The molecule has 1 aliphatic heterocycles. The Morgan fingerprint density at radius 1 is 1.31 bits per heavy atom. The van der Waals surface area contributed by atoms with E-state index in [1.807, 2.05) is 31.2 Å². The number of fused-ring (bicyclic) bond motifs is 1. The van der Waals surface area contributed by atoms with Crippen molar-refractivity contribution in [1.29, 1.82) is 0 Å². The zero-order chi connectivity index (χ0) is 18.7. The molecule has 0 spiro atoms. The summed E-state index contributed by atoms with van der Waals surface area (Å²) in [6.07, 6.45) is 2.04. The lowest BCUT2D eigenvalue weighted by Crippen LogP contribution is -2.27. The van der Waals surface area contributed by atoms with Crippen LogP contribution in [0, 0.1) is 12.8 Å². The first kappa shape index (κ1) is 18.6. The second kappa shape index (κ2) is 7.61. The average molecular weight is 376 g/mol. The minimum absolute atomic E-state index is 0.0947. The largest absolute Gasteiger partial charge is 0.356 e. The molecule has 2 N–H and O–H groups in total. The highest BCUT2D eigenvalue weighted by Crippen LogP contribution is 2.22. The predicted octanol–water partition coefficient (Wildman–Crippen LogP) is 1.71. The standard InChI is InChI=1S/C19H24N2O4S/c1-13-2-4-17-16(10-13)11-15(19(23)21-17)6-8-20-18(22)5-3-14-7-9-26(24,25)12-14/h2,4,10-11,14H,3,5-9,12H2,1H3,(H,20,22)(H,21,23). The summed E-state index contributed by atoms with van der Waals surface area (Å²) in [5, 5.41) is 3.80. The van der Waals surface area contributed by atoms with Gasteiger partial charge in [-0.15, -0.1) is 0 Å². The van der Waals surface area contributed by atoms with Crippen molar-refractivity contribution in [2.75, 3.05) is 18.1 Å². The fraction of sp³-hybridized carbons (Fsp3) is 0.474. The first-order valence-corrected chi connectivity index (χ1v) is 10.7. The Labute approximate surface area is 152 Å². The number of H-pyrrole nitrogens is 1. The number of nitrogens with one attached hydrogen (secondary N) is 2. The molecule has 1 aromatic carbocycles. The minimum atomic E-state index is -2.89. The van der Waals surface area contributed by atoms with Gasteiger partial charge in [0.15, 0.2) is 9.84 Å². The van der Waals surface area contributed by atoms with Crippen molar-refractivity contribution in [3.63, 3.8) is 0 Å². The number of sulfone groups is 1. The summed E-state index contributed by atoms with van der Waals surface area (Å²) in [5.41, 5.74) is 2.44. The maximum Gasteiger partial charge on any atom is 0.251 e. The Kier molecular flexibility index (Phi) is 5.46. The van der Waals surface area contributed by atoms with Crippen molar-refractivity contribution >= 4 is 26.6 Å². The summed E-state index contributed by atoms with van der Waals surface area (Å²) in [7, 11) is -2.89. The molecule has 2 aromatic rings. The fourth-order valence-electron chi connectivity index (χ4n) is 3.42. The average Bonchev–Trinajstić information content (AvgIpc) is 2.93. The third-order valence-electron chi connectivity index (χ3n) is 4.90. The first-order chi connectivity index (χ1) is 12.3. The molecule has 6 nitrogen and oxygen atoms in total. The molecule has 0 saturated carbocycles. The number of amides is 1. The molecule has 140 valence electrons. The SMILES string of the molecule is Cc1ccc2[nH]c(=O)c(CCNC(=O)CCC3CCS(=O)(=O)C3)cc2c1. The van der Waals surface area contributed by atoms with E-state index in [9.17, 15) is 18.0 Å². The summed E-state index contributed by atoms with van der Waals surface area (Å²) in [6, 6.07) is 7.73. The van der Waals surface area contributed by atoms with Crippen LogP contribution >= 0.6 is 0 Å². The number of pyridine rings is 1. The Balaban J connectivity index is 1.50. The van der Waals surface area contributed by atoms with Gasteiger partial charge in [-0.25, -0.2) is 8.42 Å². The van der Waals surface area contributed by atoms with Crippen LogP contribution in [-0.2, 0) is 21.1 Å². The highest BCUT2D eigenvalue weighted by molar-refractivity contribution is 7.91. The van der Waals surface area contributed by atoms with Gasteiger partial charge < -0.3 is 10.3 Å². The van der Waals surface area contributed by atoms with E-state index in [4.69, 9.17) is 0 Å². The van der Waals surface area contributed by atoms with Crippen LogP contribution in [0.15, 0.2) is 29.1 Å². The van der Waals surface area contributed by atoms with Crippen LogP contribution in [0.3, 0.4) is 0 Å². The van der Waals surface area contributed by atoms with Crippen LogP contribution in [-0.4, -0.2) is 37.4 Å². The van der Waals surface area contributed by atoms with Gasteiger partial charge in [0.1, 0.15) is 0 Å². The number of hydrogen-bond acceptors (Lipinski definition) is 4. The van der Waals surface area contributed by atoms with Gasteiger partial charge >= 0.3 is 0 Å². The summed E-state index contributed by atoms with van der Waals surface area (Å²) in [5.74, 6) is 0.440. The van der Waals surface area contributed by atoms with Gasteiger partial charge in [-0.2, -0.15) is 0 Å². The molecule has 1 fully saturated rings. The Morgan fingerprint density at radius 3 is 2.85 bits per heavy atom. The molecule has 1 aromatic heterocycles. The van der Waals surface area contributed by atoms with Gasteiger partial charge in [-0.3, -0.25) is 9.59 Å². The Bertz CT molecular complexity index is 979. The molecular formula is C19H24N2O4S. The molecule has 1 atom stereocenters. The Morgan fingerprint density at radius 2 is 2.12 bits per heavy atom. The van der Waals surface area contributed by atoms with Crippen LogP contribution in [0.2, 0.25) is 0 Å². The van der Waals surface area contributed by atoms with Crippen molar-refractivity contribution in [2.24, 2.45) is 5.92 Å². The number of rotatable bonds is 6. The minimum Gasteiger partial charge on any atom is -0.356 e. The summed E-state index contributed by atoms with van der Waals surface area (Å²) >= 11 is 0. The van der Waals surface area contributed by atoms with E-state index in [1.54, 1.807) is 0 Å². The molecule has 0 radical (unpaired) electrons. The topological polar surface area (TPSA) is 96.1 Å². The van der Waals surface area contributed by atoms with E-state index >= 15 is 0 Å². The molecule has 1 unspecified atom stereocenters. The Hall–Kier alpha value is -2.15. The van der Waals surface area contributed by atoms with Gasteiger partial charge in [0, 0.05) is 24.0 Å². The van der Waals surface area contributed by atoms with E-state index < -0.39 is 9.84 Å². The highest BCUT2D eigenvalue weighted by atomic mass is 32.2. The molecule has 3 rings (SSSR count). The summed E-state index contributed by atoms with van der Waals surface area (Å²) in [4.78, 5) is 26.9. The molecule has 0 bridgehead atoms. The van der Waals surface area contributed by atoms with Crippen molar-refractivity contribution in [3.8, 4) is 0 Å². The molecule has 7 heteroatoms. The lowest BCUT2D eigenvalue weighted by molar-refractivity contribution is -0.121. The van der Waals surface area contributed by atoms with E-state index in [0.29, 0.717) is 37.8 Å². The number of carbonyl (C=O) groups is 1. The van der Waals surface area contributed by atoms with E-state index in [0.717, 1.165) is 16.5 Å². The lowest BCUT2D eigenvalue weighted by Gasteiger charge is -2.09. The predicted molar refractivity (Wildman–Crippen MR) is 102 cm³/mol. The smallest absolute Gasteiger partial charge is 0.251 e. The third kappa shape index (κ3) is 4.72. The number of aromatic nitrogens is 1. The van der Waals surface area contributed by atoms with E-state index in [2.05, 4.69) is 10.3 Å². The maximum atomic E-state index is 12.1. The second-order valence-electron chi connectivity index (χ2n) is 7.12. The number of aromatic amines is 1. The van der Waals surface area contributed by atoms with Gasteiger partial charge in [-0.1, -0.05) is 11.6 Å². The maximum absolute atomic E-state index is 12.1. The van der Waals surface area contributed by atoms with E-state index in [-0.39, 0.29) is 28.9 Å². The van der Waals surface area contributed by atoms with Crippen LogP contribution < -0.4 is 10.9 Å². The molecule has 0 aliphatic carbocycles. The molecular weight excluding hydrogens is 352 g/mol. The monoisotopic (exact) mass is 376 g/mol. The highest BCUT2D eigenvalue weighted by Gasteiger charge is 2.27. The number of carbonyl (C=O) groups excluding carboxylic acids is 1.